The topological polar surface area (TPSA) is 71.3 Å². The second-order valence-electron chi connectivity index (χ2n) is 5.83. The standard InChI is InChI=1S/C15H18ClN5O2S/c1-19(2)15(23)14-18-11-3-5-20(6-4-12(11)24-14)13(22)9-21-8-10(16)7-17-21/h7-8H,3-6,9H2,1-2H3. The van der Waals surface area contributed by atoms with Crippen LogP contribution in [0, 0.1) is 0 Å². The Morgan fingerprint density at radius 1 is 1.33 bits per heavy atom. The Morgan fingerprint density at radius 2 is 2.08 bits per heavy atom. The summed E-state index contributed by atoms with van der Waals surface area (Å²) in [5.41, 5.74) is 0.933. The van der Waals surface area contributed by atoms with Gasteiger partial charge < -0.3 is 9.80 Å². The molecule has 2 amide bonds. The van der Waals surface area contributed by atoms with E-state index in [-0.39, 0.29) is 18.4 Å². The number of hydrogen-bond donors (Lipinski definition) is 0. The van der Waals surface area contributed by atoms with E-state index < -0.39 is 0 Å². The molecule has 0 radical (unpaired) electrons. The fourth-order valence-electron chi connectivity index (χ4n) is 2.56. The maximum atomic E-state index is 12.4. The number of rotatable bonds is 3. The zero-order valence-electron chi connectivity index (χ0n) is 13.5. The van der Waals surface area contributed by atoms with Gasteiger partial charge in [0, 0.05) is 51.1 Å². The van der Waals surface area contributed by atoms with Crippen molar-refractivity contribution in [1.29, 1.82) is 0 Å². The Balaban J connectivity index is 1.64. The van der Waals surface area contributed by atoms with Crippen LogP contribution in [0.1, 0.15) is 20.4 Å². The normalized spacial score (nSPS) is 14.2. The largest absolute Gasteiger partial charge is 0.343 e. The highest BCUT2D eigenvalue weighted by atomic mass is 35.5. The Kier molecular flexibility index (Phi) is 4.86. The van der Waals surface area contributed by atoms with Gasteiger partial charge in [0.2, 0.25) is 5.91 Å². The molecule has 0 aromatic carbocycles. The third-order valence-electron chi connectivity index (χ3n) is 3.85. The Hall–Kier alpha value is -1.93. The lowest BCUT2D eigenvalue weighted by Crippen LogP contribution is -2.36. The number of amides is 2. The molecule has 0 spiro atoms. The molecule has 1 aliphatic rings. The molecule has 1 aliphatic heterocycles. The summed E-state index contributed by atoms with van der Waals surface area (Å²) in [4.78, 5) is 33.3. The number of hydrogen-bond acceptors (Lipinski definition) is 5. The molecular weight excluding hydrogens is 350 g/mol. The molecule has 0 unspecified atom stereocenters. The summed E-state index contributed by atoms with van der Waals surface area (Å²) < 4.78 is 1.54. The molecule has 3 rings (SSSR count). The van der Waals surface area contributed by atoms with Crippen LogP contribution in [0.5, 0.6) is 0 Å². The van der Waals surface area contributed by atoms with Gasteiger partial charge in [-0.3, -0.25) is 14.3 Å². The van der Waals surface area contributed by atoms with E-state index in [9.17, 15) is 9.59 Å². The van der Waals surface area contributed by atoms with Crippen LogP contribution >= 0.6 is 22.9 Å². The van der Waals surface area contributed by atoms with E-state index in [0.717, 1.165) is 17.0 Å². The molecule has 128 valence electrons. The van der Waals surface area contributed by atoms with Crippen molar-refractivity contribution in [3.05, 3.63) is 33.0 Å². The molecule has 2 aromatic heterocycles. The van der Waals surface area contributed by atoms with E-state index in [1.54, 1.807) is 20.3 Å². The summed E-state index contributed by atoms with van der Waals surface area (Å²) in [6, 6.07) is 0. The van der Waals surface area contributed by atoms with Gasteiger partial charge in [0.1, 0.15) is 6.54 Å². The van der Waals surface area contributed by atoms with Crippen LogP contribution in [0.4, 0.5) is 0 Å². The molecule has 0 bridgehead atoms. The molecule has 7 nitrogen and oxygen atoms in total. The number of carbonyl (C=O) groups is 2. The number of aromatic nitrogens is 3. The lowest BCUT2D eigenvalue weighted by atomic mass is 10.2. The van der Waals surface area contributed by atoms with Gasteiger partial charge in [0.15, 0.2) is 5.01 Å². The van der Waals surface area contributed by atoms with E-state index in [2.05, 4.69) is 10.1 Å². The lowest BCUT2D eigenvalue weighted by molar-refractivity contribution is -0.131. The summed E-state index contributed by atoms with van der Waals surface area (Å²) >= 11 is 7.25. The molecule has 24 heavy (non-hydrogen) atoms. The maximum Gasteiger partial charge on any atom is 0.282 e. The van der Waals surface area contributed by atoms with Gasteiger partial charge in [0.25, 0.3) is 5.91 Å². The number of thiazole rings is 1. The highest BCUT2D eigenvalue weighted by Crippen LogP contribution is 2.23. The zero-order valence-corrected chi connectivity index (χ0v) is 15.1. The van der Waals surface area contributed by atoms with Crippen molar-refractivity contribution in [1.82, 2.24) is 24.6 Å². The number of halogens is 1. The van der Waals surface area contributed by atoms with Crippen LogP contribution in [-0.2, 0) is 24.2 Å². The third-order valence-corrected chi connectivity index (χ3v) is 5.19. The predicted octanol–water partition coefficient (Wildman–Crippen LogP) is 1.32. The zero-order chi connectivity index (χ0) is 17.3. The minimum atomic E-state index is -0.0726. The molecule has 0 atom stereocenters. The molecule has 3 heterocycles. The molecule has 0 saturated carbocycles. The van der Waals surface area contributed by atoms with E-state index in [4.69, 9.17) is 11.6 Å². The minimum absolute atomic E-state index is 0.00881. The first-order valence-electron chi connectivity index (χ1n) is 7.60. The predicted molar refractivity (Wildman–Crippen MR) is 91.4 cm³/mol. The van der Waals surface area contributed by atoms with Crippen LogP contribution < -0.4 is 0 Å². The molecule has 2 aromatic rings. The summed E-state index contributed by atoms with van der Waals surface area (Å²) in [5.74, 6) is -0.0638. The highest BCUT2D eigenvalue weighted by molar-refractivity contribution is 7.13. The smallest absolute Gasteiger partial charge is 0.282 e. The lowest BCUT2D eigenvalue weighted by Gasteiger charge is -2.20. The average Bonchev–Trinajstić information content (AvgIpc) is 3.07. The Bertz CT molecular complexity index is 744. The van der Waals surface area contributed by atoms with Crippen LogP contribution in [0.2, 0.25) is 5.02 Å². The highest BCUT2D eigenvalue weighted by Gasteiger charge is 2.24. The first-order chi connectivity index (χ1) is 11.4. The van der Waals surface area contributed by atoms with Crippen molar-refractivity contribution in [3.63, 3.8) is 0 Å². The maximum absolute atomic E-state index is 12.4. The van der Waals surface area contributed by atoms with Crippen molar-refractivity contribution in [2.45, 2.75) is 19.4 Å². The van der Waals surface area contributed by atoms with Gasteiger partial charge in [0.05, 0.1) is 16.9 Å². The van der Waals surface area contributed by atoms with E-state index >= 15 is 0 Å². The van der Waals surface area contributed by atoms with Crippen molar-refractivity contribution in [2.24, 2.45) is 0 Å². The average molecular weight is 368 g/mol. The minimum Gasteiger partial charge on any atom is -0.343 e. The summed E-state index contributed by atoms with van der Waals surface area (Å²) in [7, 11) is 3.44. The van der Waals surface area contributed by atoms with E-state index in [1.165, 1.54) is 27.1 Å². The first-order valence-corrected chi connectivity index (χ1v) is 8.79. The Labute approximate surface area is 148 Å². The summed E-state index contributed by atoms with van der Waals surface area (Å²) in [5, 5.41) is 5.08. The summed E-state index contributed by atoms with van der Waals surface area (Å²) in [6.45, 7) is 1.40. The molecule has 9 heteroatoms. The van der Waals surface area contributed by atoms with Crippen LogP contribution in [0.3, 0.4) is 0 Å². The number of carbonyl (C=O) groups excluding carboxylic acids is 2. The van der Waals surface area contributed by atoms with Crippen LogP contribution in [-0.4, -0.2) is 63.6 Å². The molecule has 0 aliphatic carbocycles. The van der Waals surface area contributed by atoms with Crippen molar-refractivity contribution >= 4 is 34.8 Å². The van der Waals surface area contributed by atoms with Crippen molar-refractivity contribution in [2.75, 3.05) is 27.2 Å². The van der Waals surface area contributed by atoms with Crippen LogP contribution in [0.25, 0.3) is 0 Å². The molecule has 0 fully saturated rings. The van der Waals surface area contributed by atoms with E-state index in [0.29, 0.717) is 29.5 Å². The van der Waals surface area contributed by atoms with Crippen molar-refractivity contribution in [3.8, 4) is 0 Å². The molecule has 0 saturated heterocycles. The van der Waals surface area contributed by atoms with Gasteiger partial charge in [-0.05, 0) is 0 Å². The second-order valence-corrected chi connectivity index (χ2v) is 7.35. The summed E-state index contributed by atoms with van der Waals surface area (Å²) in [6.07, 6.45) is 4.54. The molecular formula is C15H18ClN5O2S. The van der Waals surface area contributed by atoms with Gasteiger partial charge >= 0.3 is 0 Å². The van der Waals surface area contributed by atoms with Crippen LogP contribution in [0.15, 0.2) is 12.4 Å². The van der Waals surface area contributed by atoms with Gasteiger partial charge in [-0.15, -0.1) is 11.3 Å². The van der Waals surface area contributed by atoms with Gasteiger partial charge in [-0.1, -0.05) is 11.6 Å². The van der Waals surface area contributed by atoms with Gasteiger partial charge in [-0.2, -0.15) is 5.10 Å². The fourth-order valence-corrected chi connectivity index (χ4v) is 3.83. The van der Waals surface area contributed by atoms with E-state index in [1.807, 2.05) is 4.90 Å². The Morgan fingerprint density at radius 3 is 2.75 bits per heavy atom. The third kappa shape index (κ3) is 3.59. The monoisotopic (exact) mass is 367 g/mol. The van der Waals surface area contributed by atoms with Crippen molar-refractivity contribution < 1.29 is 9.59 Å². The molecule has 0 N–H and O–H groups in total. The first kappa shape index (κ1) is 16.9. The second kappa shape index (κ2) is 6.90. The fraction of sp³-hybridized carbons (Fsp3) is 0.467. The SMILES string of the molecule is CN(C)C(=O)c1nc2c(s1)CCN(C(=O)Cn1cc(Cl)cn1)CC2. The van der Waals surface area contributed by atoms with Gasteiger partial charge in [-0.25, -0.2) is 4.98 Å². The number of nitrogens with zero attached hydrogens (tertiary/aromatic N) is 5. The quantitative estimate of drug-likeness (QED) is 0.820. The number of fused-ring (bicyclic) bond motifs is 1.